The summed E-state index contributed by atoms with van der Waals surface area (Å²) in [6.07, 6.45) is 0.238. The van der Waals surface area contributed by atoms with E-state index in [0.29, 0.717) is 19.7 Å². The van der Waals surface area contributed by atoms with E-state index >= 15 is 0 Å². The van der Waals surface area contributed by atoms with Crippen LogP contribution >= 0.6 is 0 Å². The summed E-state index contributed by atoms with van der Waals surface area (Å²) in [4.78, 5) is 28.4. The molecule has 0 saturated carbocycles. The molecule has 25 heavy (non-hydrogen) atoms. The zero-order valence-electron chi connectivity index (χ0n) is 15.3. The number of carbonyl (C=O) groups is 2. The number of benzene rings is 1. The molecule has 1 heterocycles. The number of rotatable bonds is 8. The number of Topliss-reactive ketones (excluding diaryl/α,β-unsaturated/α-hetero) is 1. The molecule has 2 rings (SSSR count). The fraction of sp³-hybridized carbons (Fsp3) is 0.474. The Kier molecular flexibility index (Phi) is 6.20. The Morgan fingerprint density at radius 1 is 1.24 bits per heavy atom. The predicted molar refractivity (Wildman–Crippen MR) is 95.6 cm³/mol. The second kappa shape index (κ2) is 8.16. The van der Waals surface area contributed by atoms with Crippen molar-refractivity contribution in [3.63, 3.8) is 0 Å². The minimum Gasteiger partial charge on any atom is -0.503 e. The van der Waals surface area contributed by atoms with E-state index in [1.54, 1.807) is 11.8 Å². The highest BCUT2D eigenvalue weighted by Gasteiger charge is 2.42. The van der Waals surface area contributed by atoms with Crippen LogP contribution in [0.3, 0.4) is 0 Å². The molecule has 1 aliphatic rings. The van der Waals surface area contributed by atoms with E-state index in [4.69, 9.17) is 4.74 Å². The van der Waals surface area contributed by atoms with Crippen molar-refractivity contribution in [2.24, 2.45) is 0 Å². The first-order valence-electron chi connectivity index (χ1n) is 8.55. The lowest BCUT2D eigenvalue weighted by Crippen LogP contribution is -2.36. The molecule has 0 radical (unpaired) electrons. The van der Waals surface area contributed by atoms with Gasteiger partial charge in [0.25, 0.3) is 5.91 Å². The van der Waals surface area contributed by atoms with Crippen molar-refractivity contribution >= 4 is 11.7 Å². The number of carbonyl (C=O) groups excluding carboxylic acids is 2. The third-order valence-corrected chi connectivity index (χ3v) is 4.22. The maximum Gasteiger partial charge on any atom is 0.290 e. The molecular weight excluding hydrogens is 320 g/mol. The van der Waals surface area contributed by atoms with Gasteiger partial charge >= 0.3 is 0 Å². The van der Waals surface area contributed by atoms with Gasteiger partial charge in [0.05, 0.1) is 18.2 Å². The molecule has 6 nitrogen and oxygen atoms in total. The van der Waals surface area contributed by atoms with E-state index in [1.165, 1.54) is 0 Å². The average Bonchev–Trinajstić information content (AvgIpc) is 2.84. The third-order valence-electron chi connectivity index (χ3n) is 4.22. The van der Waals surface area contributed by atoms with Gasteiger partial charge in [-0.05, 0) is 38.7 Å². The van der Waals surface area contributed by atoms with Gasteiger partial charge < -0.3 is 19.6 Å². The lowest BCUT2D eigenvalue weighted by atomic mass is 9.95. The van der Waals surface area contributed by atoms with Crippen LogP contribution in [0.5, 0.6) is 5.75 Å². The maximum absolute atomic E-state index is 12.5. The zero-order chi connectivity index (χ0) is 18.6. The summed E-state index contributed by atoms with van der Waals surface area (Å²) >= 11 is 0. The fourth-order valence-electron chi connectivity index (χ4n) is 2.93. The summed E-state index contributed by atoms with van der Waals surface area (Å²) in [7, 11) is 3.83. The van der Waals surface area contributed by atoms with Crippen molar-refractivity contribution in [1.82, 2.24) is 9.80 Å². The third kappa shape index (κ3) is 4.02. The standard InChI is InChI=1S/C19H26N2O4/c1-5-15(22)16-17(13-7-9-14(10-8-13)25-6-2)21(12-11-20(3)4)19(24)18(16)23/h7-10,17,23H,5-6,11-12H2,1-4H3. The number of nitrogens with zero attached hydrogens (tertiary/aromatic N) is 2. The van der Waals surface area contributed by atoms with Crippen LogP contribution in [0.4, 0.5) is 0 Å². The van der Waals surface area contributed by atoms with Crippen LogP contribution in [-0.2, 0) is 9.59 Å². The second-order valence-corrected chi connectivity index (χ2v) is 6.25. The normalized spacial score (nSPS) is 17.6. The Morgan fingerprint density at radius 2 is 1.88 bits per heavy atom. The maximum atomic E-state index is 12.5. The highest BCUT2D eigenvalue weighted by molar-refractivity contribution is 6.08. The molecule has 0 bridgehead atoms. The van der Waals surface area contributed by atoms with Gasteiger partial charge in [-0.3, -0.25) is 9.59 Å². The molecule has 1 atom stereocenters. The fourth-order valence-corrected chi connectivity index (χ4v) is 2.93. The summed E-state index contributed by atoms with van der Waals surface area (Å²) in [5.74, 6) is -0.397. The van der Waals surface area contributed by atoms with Gasteiger partial charge in [-0.2, -0.15) is 0 Å². The van der Waals surface area contributed by atoms with Gasteiger partial charge in [-0.25, -0.2) is 0 Å². The number of hydrogen-bond acceptors (Lipinski definition) is 5. The summed E-state index contributed by atoms with van der Waals surface area (Å²) in [5.41, 5.74) is 0.979. The molecular formula is C19H26N2O4. The first-order chi connectivity index (χ1) is 11.9. The Labute approximate surface area is 148 Å². The molecule has 0 spiro atoms. The Bertz CT molecular complexity index is 665. The minimum atomic E-state index is -0.560. The van der Waals surface area contributed by atoms with Crippen LogP contribution in [-0.4, -0.2) is 60.4 Å². The quantitative estimate of drug-likeness (QED) is 0.782. The van der Waals surface area contributed by atoms with Crippen LogP contribution in [0.15, 0.2) is 35.6 Å². The molecule has 0 fully saturated rings. The highest BCUT2D eigenvalue weighted by Crippen LogP contribution is 2.38. The lowest BCUT2D eigenvalue weighted by Gasteiger charge is -2.28. The number of hydrogen-bond donors (Lipinski definition) is 1. The minimum absolute atomic E-state index is 0.190. The smallest absolute Gasteiger partial charge is 0.290 e. The predicted octanol–water partition coefficient (Wildman–Crippen LogP) is 2.32. The van der Waals surface area contributed by atoms with Gasteiger partial charge in [0.2, 0.25) is 0 Å². The Hall–Kier alpha value is -2.34. The molecule has 1 aliphatic heterocycles. The zero-order valence-corrected chi connectivity index (χ0v) is 15.3. The number of aliphatic hydroxyl groups is 1. The molecule has 1 unspecified atom stereocenters. The van der Waals surface area contributed by atoms with E-state index in [0.717, 1.165) is 11.3 Å². The molecule has 136 valence electrons. The van der Waals surface area contributed by atoms with Gasteiger partial charge in [-0.15, -0.1) is 0 Å². The summed E-state index contributed by atoms with van der Waals surface area (Å²) in [5, 5.41) is 10.3. The number of likely N-dealkylation sites (N-methyl/N-ethyl adjacent to an activating group) is 1. The van der Waals surface area contributed by atoms with Crippen molar-refractivity contribution in [3.05, 3.63) is 41.2 Å². The van der Waals surface area contributed by atoms with Gasteiger partial charge in [0.15, 0.2) is 11.5 Å². The number of amides is 1. The van der Waals surface area contributed by atoms with Crippen molar-refractivity contribution < 1.29 is 19.4 Å². The van der Waals surface area contributed by atoms with E-state index in [2.05, 4.69) is 0 Å². The van der Waals surface area contributed by atoms with E-state index in [1.807, 2.05) is 50.2 Å². The first kappa shape index (κ1) is 19.0. The van der Waals surface area contributed by atoms with Crippen LogP contribution in [0.25, 0.3) is 0 Å². The Balaban J connectivity index is 2.41. The van der Waals surface area contributed by atoms with Crippen molar-refractivity contribution in [3.8, 4) is 5.75 Å². The average molecular weight is 346 g/mol. The van der Waals surface area contributed by atoms with E-state index in [-0.39, 0.29) is 17.8 Å². The van der Waals surface area contributed by atoms with Crippen molar-refractivity contribution in [2.45, 2.75) is 26.3 Å². The summed E-state index contributed by atoms with van der Waals surface area (Å²) < 4.78 is 5.45. The molecule has 0 aromatic heterocycles. The van der Waals surface area contributed by atoms with Gasteiger partial charge in [-0.1, -0.05) is 19.1 Å². The number of ketones is 1. The molecule has 1 amide bonds. The highest BCUT2D eigenvalue weighted by atomic mass is 16.5. The SMILES string of the molecule is CCOc1ccc(C2C(C(=O)CC)=C(O)C(=O)N2CCN(C)C)cc1. The van der Waals surface area contributed by atoms with E-state index < -0.39 is 17.7 Å². The van der Waals surface area contributed by atoms with Gasteiger partial charge in [0.1, 0.15) is 5.75 Å². The molecule has 0 aliphatic carbocycles. The summed E-state index contributed by atoms with van der Waals surface area (Å²) in [6, 6.07) is 6.75. The van der Waals surface area contributed by atoms with Crippen LogP contribution in [0, 0.1) is 0 Å². The van der Waals surface area contributed by atoms with Crippen LogP contribution < -0.4 is 4.74 Å². The molecule has 0 saturated heterocycles. The monoisotopic (exact) mass is 346 g/mol. The molecule has 1 aromatic rings. The Morgan fingerprint density at radius 3 is 2.40 bits per heavy atom. The molecule has 6 heteroatoms. The van der Waals surface area contributed by atoms with Crippen molar-refractivity contribution in [2.75, 3.05) is 33.8 Å². The first-order valence-corrected chi connectivity index (χ1v) is 8.55. The molecule has 1 N–H and O–H groups in total. The summed E-state index contributed by atoms with van der Waals surface area (Å²) in [6.45, 7) is 5.26. The molecule has 1 aromatic carbocycles. The number of ether oxygens (including phenoxy) is 1. The topological polar surface area (TPSA) is 70.1 Å². The second-order valence-electron chi connectivity index (χ2n) is 6.25. The largest absolute Gasteiger partial charge is 0.503 e. The van der Waals surface area contributed by atoms with Gasteiger partial charge in [0, 0.05) is 19.5 Å². The van der Waals surface area contributed by atoms with Crippen LogP contribution in [0.2, 0.25) is 0 Å². The van der Waals surface area contributed by atoms with Crippen LogP contribution in [0.1, 0.15) is 31.9 Å². The number of aliphatic hydroxyl groups excluding tert-OH is 1. The van der Waals surface area contributed by atoms with Crippen molar-refractivity contribution in [1.29, 1.82) is 0 Å². The lowest BCUT2D eigenvalue weighted by molar-refractivity contribution is -0.129. The van der Waals surface area contributed by atoms with E-state index in [9.17, 15) is 14.7 Å².